The van der Waals surface area contributed by atoms with Crippen molar-refractivity contribution in [1.29, 1.82) is 0 Å². The van der Waals surface area contributed by atoms with E-state index >= 15 is 0 Å². The Balaban J connectivity index is 1.53. The lowest BCUT2D eigenvalue weighted by Crippen LogP contribution is -2.40. The van der Waals surface area contributed by atoms with Crippen LogP contribution in [0.5, 0.6) is 0 Å². The van der Waals surface area contributed by atoms with Crippen LogP contribution in [-0.2, 0) is 17.9 Å². The molecule has 0 bridgehead atoms. The number of piperidine rings is 1. The topological polar surface area (TPSA) is 94.7 Å². The largest absolute Gasteiger partial charge is 0.445 e. The zero-order valence-electron chi connectivity index (χ0n) is 15.7. The number of rotatable bonds is 5. The summed E-state index contributed by atoms with van der Waals surface area (Å²) in [7, 11) is 0. The van der Waals surface area contributed by atoms with Crippen LogP contribution in [-0.4, -0.2) is 33.6 Å². The van der Waals surface area contributed by atoms with E-state index in [0.717, 1.165) is 5.56 Å². The summed E-state index contributed by atoms with van der Waals surface area (Å²) < 4.78 is 6.75. The number of carbonyl (C=O) groups excluding carboxylic acids is 1. The third-order valence-electron chi connectivity index (χ3n) is 5.06. The number of likely N-dealkylation sites (tertiary alicyclic amines) is 1. The van der Waals surface area contributed by atoms with Crippen LogP contribution >= 0.6 is 0 Å². The van der Waals surface area contributed by atoms with Gasteiger partial charge in [-0.05, 0) is 37.3 Å². The summed E-state index contributed by atoms with van der Waals surface area (Å²) >= 11 is 0. The summed E-state index contributed by atoms with van der Waals surface area (Å²) in [6.45, 7) is 3.29. The Morgan fingerprint density at radius 2 is 1.89 bits per heavy atom. The lowest BCUT2D eigenvalue weighted by molar-refractivity contribution is -0.387. The van der Waals surface area contributed by atoms with Crippen molar-refractivity contribution in [1.82, 2.24) is 9.47 Å². The standard InChI is InChI=1S/C20H23N3O5/c1-15-7-10-22(19(24)18(15)23(26)27)13-16-8-11-21(12-9-16)20(25)28-14-17-5-3-2-4-6-17/h2-7,10,16H,8-9,11-14H2,1H3. The molecule has 8 heteroatoms. The van der Waals surface area contributed by atoms with E-state index in [1.807, 2.05) is 30.3 Å². The first-order chi connectivity index (χ1) is 13.5. The van der Waals surface area contributed by atoms with Gasteiger partial charge in [-0.2, -0.15) is 0 Å². The molecule has 0 radical (unpaired) electrons. The highest BCUT2D eigenvalue weighted by Crippen LogP contribution is 2.20. The smallest absolute Gasteiger partial charge is 0.410 e. The second-order valence-electron chi connectivity index (χ2n) is 7.03. The Hall–Kier alpha value is -3.16. The molecule has 0 aliphatic carbocycles. The SMILES string of the molecule is Cc1ccn(CC2CCN(C(=O)OCc3ccccc3)CC2)c(=O)c1[N+](=O)[O-]. The minimum atomic E-state index is -0.625. The van der Waals surface area contributed by atoms with E-state index in [4.69, 9.17) is 4.74 Å². The van der Waals surface area contributed by atoms with Crippen LogP contribution in [0.15, 0.2) is 47.4 Å². The molecule has 2 aromatic rings. The van der Waals surface area contributed by atoms with Gasteiger partial charge in [-0.15, -0.1) is 0 Å². The first-order valence-corrected chi connectivity index (χ1v) is 9.25. The van der Waals surface area contributed by atoms with Gasteiger partial charge in [-0.1, -0.05) is 30.3 Å². The van der Waals surface area contributed by atoms with Gasteiger partial charge in [-0.25, -0.2) is 4.79 Å². The van der Waals surface area contributed by atoms with E-state index in [-0.39, 0.29) is 24.3 Å². The number of hydrogen-bond donors (Lipinski definition) is 0. The number of carbonyl (C=O) groups is 1. The quantitative estimate of drug-likeness (QED) is 0.582. The highest BCUT2D eigenvalue weighted by atomic mass is 16.6. The number of aromatic nitrogens is 1. The molecular weight excluding hydrogens is 362 g/mol. The molecule has 0 N–H and O–H groups in total. The summed E-state index contributed by atoms with van der Waals surface area (Å²) in [5.74, 6) is 0.179. The minimum Gasteiger partial charge on any atom is -0.445 e. The number of amides is 1. The molecule has 8 nitrogen and oxygen atoms in total. The summed E-state index contributed by atoms with van der Waals surface area (Å²) in [5, 5.41) is 11.1. The zero-order chi connectivity index (χ0) is 20.1. The summed E-state index contributed by atoms with van der Waals surface area (Å²) in [6.07, 6.45) is 2.69. The fourth-order valence-electron chi connectivity index (χ4n) is 3.41. The number of pyridine rings is 1. The Morgan fingerprint density at radius 1 is 1.21 bits per heavy atom. The van der Waals surface area contributed by atoms with Crippen LogP contribution in [0.2, 0.25) is 0 Å². The fraction of sp³-hybridized carbons (Fsp3) is 0.400. The monoisotopic (exact) mass is 385 g/mol. The van der Waals surface area contributed by atoms with E-state index < -0.39 is 10.5 Å². The molecule has 1 aromatic carbocycles. The van der Waals surface area contributed by atoms with E-state index in [9.17, 15) is 19.7 Å². The van der Waals surface area contributed by atoms with Crippen molar-refractivity contribution in [3.8, 4) is 0 Å². The predicted molar refractivity (Wildman–Crippen MR) is 103 cm³/mol. The molecule has 1 aromatic heterocycles. The molecule has 0 spiro atoms. The molecule has 0 atom stereocenters. The van der Waals surface area contributed by atoms with Crippen LogP contribution in [0.1, 0.15) is 24.0 Å². The van der Waals surface area contributed by atoms with Crippen molar-refractivity contribution < 1.29 is 14.5 Å². The van der Waals surface area contributed by atoms with Crippen LogP contribution in [0.25, 0.3) is 0 Å². The maximum absolute atomic E-state index is 12.3. The van der Waals surface area contributed by atoms with Crippen LogP contribution in [0, 0.1) is 23.0 Å². The van der Waals surface area contributed by atoms with Crippen molar-refractivity contribution >= 4 is 11.8 Å². The molecule has 2 heterocycles. The van der Waals surface area contributed by atoms with Crippen molar-refractivity contribution in [2.45, 2.75) is 32.9 Å². The van der Waals surface area contributed by atoms with E-state index in [0.29, 0.717) is 38.0 Å². The highest BCUT2D eigenvalue weighted by molar-refractivity contribution is 5.67. The van der Waals surface area contributed by atoms with Gasteiger partial charge in [0.05, 0.1) is 4.92 Å². The average molecular weight is 385 g/mol. The lowest BCUT2D eigenvalue weighted by Gasteiger charge is -2.31. The van der Waals surface area contributed by atoms with E-state index in [2.05, 4.69) is 0 Å². The van der Waals surface area contributed by atoms with Gasteiger partial charge < -0.3 is 14.2 Å². The molecule has 1 fully saturated rings. The highest BCUT2D eigenvalue weighted by Gasteiger charge is 2.25. The Morgan fingerprint density at radius 3 is 2.54 bits per heavy atom. The van der Waals surface area contributed by atoms with Gasteiger partial charge >= 0.3 is 17.3 Å². The maximum atomic E-state index is 12.3. The van der Waals surface area contributed by atoms with Gasteiger partial charge in [0.15, 0.2) is 0 Å². The lowest BCUT2D eigenvalue weighted by atomic mass is 9.97. The van der Waals surface area contributed by atoms with Gasteiger partial charge in [0.2, 0.25) is 0 Å². The number of aryl methyl sites for hydroxylation is 1. The van der Waals surface area contributed by atoms with Crippen molar-refractivity contribution in [3.63, 3.8) is 0 Å². The number of hydrogen-bond acceptors (Lipinski definition) is 5. The molecular formula is C20H23N3O5. The molecule has 148 valence electrons. The third kappa shape index (κ3) is 4.57. The van der Waals surface area contributed by atoms with Gasteiger partial charge in [0.1, 0.15) is 6.61 Å². The van der Waals surface area contributed by atoms with Gasteiger partial charge in [0.25, 0.3) is 0 Å². The van der Waals surface area contributed by atoms with Gasteiger partial charge in [0, 0.05) is 31.4 Å². The first kappa shape index (κ1) is 19.6. The maximum Gasteiger partial charge on any atom is 0.410 e. The number of nitrogens with zero attached hydrogens (tertiary/aromatic N) is 3. The Bertz CT molecular complexity index is 902. The summed E-state index contributed by atoms with van der Waals surface area (Å²) in [4.78, 5) is 36.7. The van der Waals surface area contributed by atoms with Gasteiger partial charge in [-0.3, -0.25) is 14.9 Å². The zero-order valence-corrected chi connectivity index (χ0v) is 15.7. The van der Waals surface area contributed by atoms with Crippen LogP contribution in [0.3, 0.4) is 0 Å². The van der Waals surface area contributed by atoms with Crippen LogP contribution < -0.4 is 5.56 Å². The second-order valence-corrected chi connectivity index (χ2v) is 7.03. The molecule has 1 amide bonds. The first-order valence-electron chi connectivity index (χ1n) is 9.25. The average Bonchev–Trinajstić information content (AvgIpc) is 2.69. The van der Waals surface area contributed by atoms with Crippen molar-refractivity contribution in [2.75, 3.05) is 13.1 Å². The number of ether oxygens (including phenoxy) is 1. The summed E-state index contributed by atoms with van der Waals surface area (Å²) in [5.41, 5.74) is 0.354. The number of benzene rings is 1. The fourth-order valence-corrected chi connectivity index (χ4v) is 3.41. The van der Waals surface area contributed by atoms with E-state index in [1.165, 1.54) is 4.57 Å². The normalized spacial score (nSPS) is 14.7. The molecule has 28 heavy (non-hydrogen) atoms. The second kappa shape index (κ2) is 8.69. The number of nitro groups is 1. The molecule has 0 unspecified atom stereocenters. The van der Waals surface area contributed by atoms with Crippen LogP contribution in [0.4, 0.5) is 10.5 Å². The van der Waals surface area contributed by atoms with Crippen molar-refractivity contribution in [3.05, 3.63) is 74.2 Å². The minimum absolute atomic E-state index is 0.179. The van der Waals surface area contributed by atoms with Crippen molar-refractivity contribution in [2.24, 2.45) is 5.92 Å². The molecule has 1 aliphatic heterocycles. The molecule has 1 aliphatic rings. The Kier molecular flexibility index (Phi) is 6.08. The molecule has 0 saturated carbocycles. The predicted octanol–water partition coefficient (Wildman–Crippen LogP) is 3.11. The summed E-state index contributed by atoms with van der Waals surface area (Å²) in [6, 6.07) is 11.1. The van der Waals surface area contributed by atoms with E-state index in [1.54, 1.807) is 24.1 Å². The molecule has 3 rings (SSSR count). The third-order valence-corrected chi connectivity index (χ3v) is 5.06. The molecule has 1 saturated heterocycles. The Labute approximate surface area is 162 Å².